The van der Waals surface area contributed by atoms with Crippen LogP contribution in [0.25, 0.3) is 0 Å². The number of hydrogen-bond acceptors (Lipinski definition) is 3. The van der Waals surface area contributed by atoms with Gasteiger partial charge in [0, 0.05) is 6.42 Å². The van der Waals surface area contributed by atoms with E-state index >= 15 is 0 Å². The Morgan fingerprint density at radius 1 is 1.37 bits per heavy atom. The van der Waals surface area contributed by atoms with Crippen molar-refractivity contribution in [2.75, 3.05) is 11.9 Å². The minimum Gasteiger partial charge on any atom is -0.489 e. The fourth-order valence-corrected chi connectivity index (χ4v) is 1.78. The molecular formula is C15H24N2O2. The van der Waals surface area contributed by atoms with E-state index < -0.39 is 0 Å². The highest BCUT2D eigenvalue weighted by Crippen LogP contribution is 2.25. The SMILES string of the molecule is CCC(CN)CC(=O)Nc1ccccc1OC(C)C. The Morgan fingerprint density at radius 2 is 2.05 bits per heavy atom. The number of nitrogens with one attached hydrogen (secondary N) is 1. The normalized spacial score (nSPS) is 12.3. The molecule has 1 aromatic rings. The summed E-state index contributed by atoms with van der Waals surface area (Å²) in [5.74, 6) is 0.918. The van der Waals surface area contributed by atoms with Crippen LogP contribution in [0.3, 0.4) is 0 Å². The number of para-hydroxylation sites is 2. The Hall–Kier alpha value is -1.55. The summed E-state index contributed by atoms with van der Waals surface area (Å²) in [7, 11) is 0. The van der Waals surface area contributed by atoms with Crippen LogP contribution >= 0.6 is 0 Å². The van der Waals surface area contributed by atoms with E-state index in [0.29, 0.717) is 24.4 Å². The maximum absolute atomic E-state index is 12.0. The molecule has 1 atom stereocenters. The predicted molar refractivity (Wildman–Crippen MR) is 78.3 cm³/mol. The molecule has 0 heterocycles. The number of anilines is 1. The van der Waals surface area contributed by atoms with E-state index in [1.807, 2.05) is 45.0 Å². The first-order valence-electron chi connectivity index (χ1n) is 6.82. The first-order chi connectivity index (χ1) is 9.06. The fraction of sp³-hybridized carbons (Fsp3) is 0.533. The zero-order chi connectivity index (χ0) is 14.3. The molecule has 0 saturated carbocycles. The van der Waals surface area contributed by atoms with Gasteiger partial charge in [-0.3, -0.25) is 4.79 Å². The molecule has 1 rings (SSSR count). The Morgan fingerprint density at radius 3 is 2.63 bits per heavy atom. The van der Waals surface area contributed by atoms with E-state index in [1.165, 1.54) is 0 Å². The molecular weight excluding hydrogens is 240 g/mol. The molecule has 0 aromatic heterocycles. The predicted octanol–water partition coefficient (Wildman–Crippen LogP) is 2.79. The molecule has 1 aromatic carbocycles. The van der Waals surface area contributed by atoms with Gasteiger partial charge in [-0.1, -0.05) is 25.5 Å². The molecule has 0 aliphatic heterocycles. The van der Waals surface area contributed by atoms with Crippen LogP contribution in [-0.2, 0) is 4.79 Å². The average molecular weight is 264 g/mol. The van der Waals surface area contributed by atoms with Gasteiger partial charge in [-0.05, 0) is 38.4 Å². The molecule has 0 aliphatic rings. The third-order valence-corrected chi connectivity index (χ3v) is 2.91. The van der Waals surface area contributed by atoms with E-state index in [0.717, 1.165) is 6.42 Å². The summed E-state index contributed by atoms with van der Waals surface area (Å²) in [6.07, 6.45) is 1.43. The highest BCUT2D eigenvalue weighted by Gasteiger charge is 2.13. The number of benzene rings is 1. The van der Waals surface area contributed by atoms with Crippen molar-refractivity contribution in [3.63, 3.8) is 0 Å². The van der Waals surface area contributed by atoms with Crippen molar-refractivity contribution >= 4 is 11.6 Å². The van der Waals surface area contributed by atoms with Gasteiger partial charge in [-0.25, -0.2) is 0 Å². The van der Waals surface area contributed by atoms with Crippen LogP contribution in [0.1, 0.15) is 33.6 Å². The van der Waals surface area contributed by atoms with Gasteiger partial charge in [0.15, 0.2) is 0 Å². The molecule has 0 aliphatic carbocycles. The first-order valence-corrected chi connectivity index (χ1v) is 6.82. The van der Waals surface area contributed by atoms with Gasteiger partial charge in [-0.15, -0.1) is 0 Å². The van der Waals surface area contributed by atoms with Crippen molar-refractivity contribution in [3.05, 3.63) is 24.3 Å². The summed E-state index contributed by atoms with van der Waals surface area (Å²) in [6.45, 7) is 6.50. The zero-order valence-corrected chi connectivity index (χ0v) is 12.0. The number of carbonyl (C=O) groups excluding carboxylic acids is 1. The summed E-state index contributed by atoms with van der Waals surface area (Å²) in [5.41, 5.74) is 6.33. The smallest absolute Gasteiger partial charge is 0.224 e. The molecule has 19 heavy (non-hydrogen) atoms. The number of rotatable bonds is 7. The van der Waals surface area contributed by atoms with Crippen LogP contribution in [0.4, 0.5) is 5.69 Å². The molecule has 4 heteroatoms. The maximum Gasteiger partial charge on any atom is 0.224 e. The van der Waals surface area contributed by atoms with E-state index in [2.05, 4.69) is 5.32 Å². The van der Waals surface area contributed by atoms with Gasteiger partial charge in [0.2, 0.25) is 5.91 Å². The van der Waals surface area contributed by atoms with Crippen molar-refractivity contribution in [1.29, 1.82) is 0 Å². The number of amides is 1. The average Bonchev–Trinajstić information content (AvgIpc) is 2.37. The van der Waals surface area contributed by atoms with Crippen molar-refractivity contribution in [2.45, 2.75) is 39.7 Å². The fourth-order valence-electron chi connectivity index (χ4n) is 1.78. The second kappa shape index (κ2) is 7.79. The first kappa shape index (κ1) is 15.5. The van der Waals surface area contributed by atoms with E-state index in [9.17, 15) is 4.79 Å². The molecule has 4 nitrogen and oxygen atoms in total. The van der Waals surface area contributed by atoms with Crippen molar-refractivity contribution < 1.29 is 9.53 Å². The van der Waals surface area contributed by atoms with Crippen LogP contribution in [0, 0.1) is 5.92 Å². The lowest BCUT2D eigenvalue weighted by atomic mass is 10.0. The monoisotopic (exact) mass is 264 g/mol. The summed E-state index contributed by atoms with van der Waals surface area (Å²) in [6, 6.07) is 7.47. The minimum absolute atomic E-state index is 0.0166. The largest absolute Gasteiger partial charge is 0.489 e. The quantitative estimate of drug-likeness (QED) is 0.796. The molecule has 0 bridgehead atoms. The molecule has 1 unspecified atom stereocenters. The third-order valence-electron chi connectivity index (χ3n) is 2.91. The van der Waals surface area contributed by atoms with Crippen molar-refractivity contribution in [1.82, 2.24) is 0 Å². The second-order valence-corrected chi connectivity index (χ2v) is 4.93. The zero-order valence-electron chi connectivity index (χ0n) is 12.0. The second-order valence-electron chi connectivity index (χ2n) is 4.93. The van der Waals surface area contributed by atoms with Crippen LogP contribution in [0.15, 0.2) is 24.3 Å². The minimum atomic E-state index is -0.0166. The van der Waals surface area contributed by atoms with Crippen LogP contribution in [-0.4, -0.2) is 18.6 Å². The van der Waals surface area contributed by atoms with E-state index in [-0.39, 0.29) is 17.9 Å². The molecule has 0 radical (unpaired) electrons. The molecule has 3 N–H and O–H groups in total. The van der Waals surface area contributed by atoms with E-state index in [1.54, 1.807) is 0 Å². The summed E-state index contributed by atoms with van der Waals surface area (Å²) in [4.78, 5) is 12.0. The lowest BCUT2D eigenvalue weighted by molar-refractivity contribution is -0.117. The van der Waals surface area contributed by atoms with Crippen LogP contribution in [0.2, 0.25) is 0 Å². The van der Waals surface area contributed by atoms with E-state index in [4.69, 9.17) is 10.5 Å². The molecule has 1 amide bonds. The molecule has 106 valence electrons. The number of carbonyl (C=O) groups is 1. The highest BCUT2D eigenvalue weighted by atomic mass is 16.5. The maximum atomic E-state index is 12.0. The lowest BCUT2D eigenvalue weighted by Gasteiger charge is -2.16. The van der Waals surface area contributed by atoms with Gasteiger partial charge in [-0.2, -0.15) is 0 Å². The van der Waals surface area contributed by atoms with Crippen molar-refractivity contribution in [2.24, 2.45) is 11.7 Å². The lowest BCUT2D eigenvalue weighted by Crippen LogP contribution is -2.22. The summed E-state index contributed by atoms with van der Waals surface area (Å²) < 4.78 is 5.66. The highest BCUT2D eigenvalue weighted by molar-refractivity contribution is 5.92. The topological polar surface area (TPSA) is 64.4 Å². The number of ether oxygens (including phenoxy) is 1. The Kier molecular flexibility index (Phi) is 6.36. The third kappa shape index (κ3) is 5.30. The standard InChI is InChI=1S/C15H24N2O2/c1-4-12(10-16)9-15(18)17-13-7-5-6-8-14(13)19-11(2)3/h5-8,11-12H,4,9-10,16H2,1-3H3,(H,17,18). The molecule has 0 spiro atoms. The Labute approximate surface area is 115 Å². The van der Waals surface area contributed by atoms with Crippen molar-refractivity contribution in [3.8, 4) is 5.75 Å². The summed E-state index contributed by atoms with van der Waals surface area (Å²) >= 11 is 0. The number of nitrogens with two attached hydrogens (primary N) is 1. The Balaban J connectivity index is 2.68. The molecule has 0 saturated heterocycles. The number of hydrogen-bond donors (Lipinski definition) is 2. The molecule has 0 fully saturated rings. The van der Waals surface area contributed by atoms with Crippen LogP contribution < -0.4 is 15.8 Å². The van der Waals surface area contributed by atoms with Gasteiger partial charge < -0.3 is 15.8 Å². The Bertz CT molecular complexity index is 401. The van der Waals surface area contributed by atoms with Gasteiger partial charge >= 0.3 is 0 Å². The summed E-state index contributed by atoms with van der Waals surface area (Å²) in [5, 5.41) is 2.90. The van der Waals surface area contributed by atoms with Crippen LogP contribution in [0.5, 0.6) is 5.75 Å². The van der Waals surface area contributed by atoms with Gasteiger partial charge in [0.25, 0.3) is 0 Å². The van der Waals surface area contributed by atoms with Gasteiger partial charge in [0.1, 0.15) is 5.75 Å². The van der Waals surface area contributed by atoms with Gasteiger partial charge in [0.05, 0.1) is 11.8 Å².